The number of tetrazole rings is 1. The third kappa shape index (κ3) is 2.27. The maximum atomic E-state index is 5.83. The summed E-state index contributed by atoms with van der Waals surface area (Å²) >= 11 is 0. The average Bonchev–Trinajstić information content (AvgIpc) is 2.34. The third-order valence-corrected chi connectivity index (χ3v) is 1.58. The monoisotopic (exact) mass is 169 g/mol. The second-order valence-corrected chi connectivity index (χ2v) is 3.37. The minimum Gasteiger partial charge on any atom is -0.321 e. The van der Waals surface area contributed by atoms with Crippen LogP contribution in [0.5, 0.6) is 0 Å². The van der Waals surface area contributed by atoms with E-state index in [0.29, 0.717) is 11.7 Å². The first-order valence-corrected chi connectivity index (χ1v) is 4.09. The van der Waals surface area contributed by atoms with Gasteiger partial charge in [-0.1, -0.05) is 13.8 Å². The molecule has 0 aliphatic rings. The quantitative estimate of drug-likeness (QED) is 0.704. The van der Waals surface area contributed by atoms with Crippen molar-refractivity contribution in [2.24, 2.45) is 18.7 Å². The maximum absolute atomic E-state index is 5.83. The molecule has 12 heavy (non-hydrogen) atoms. The lowest BCUT2D eigenvalue weighted by Gasteiger charge is -2.08. The van der Waals surface area contributed by atoms with Crippen molar-refractivity contribution in [3.05, 3.63) is 5.82 Å². The van der Waals surface area contributed by atoms with Crippen molar-refractivity contribution in [2.45, 2.75) is 26.3 Å². The van der Waals surface area contributed by atoms with Gasteiger partial charge in [0, 0.05) is 0 Å². The molecule has 1 aromatic rings. The van der Waals surface area contributed by atoms with E-state index < -0.39 is 0 Å². The highest BCUT2D eigenvalue weighted by Crippen LogP contribution is 2.13. The molecule has 0 radical (unpaired) electrons. The average molecular weight is 169 g/mol. The van der Waals surface area contributed by atoms with E-state index >= 15 is 0 Å². The predicted molar refractivity (Wildman–Crippen MR) is 45.2 cm³/mol. The van der Waals surface area contributed by atoms with Crippen molar-refractivity contribution in [1.82, 2.24) is 20.2 Å². The van der Waals surface area contributed by atoms with Crippen LogP contribution in [0.1, 0.15) is 32.1 Å². The van der Waals surface area contributed by atoms with Gasteiger partial charge in [0.1, 0.15) is 0 Å². The molecule has 1 unspecified atom stereocenters. The molecule has 0 spiro atoms. The molecule has 0 amide bonds. The van der Waals surface area contributed by atoms with E-state index in [1.54, 1.807) is 7.05 Å². The van der Waals surface area contributed by atoms with E-state index in [9.17, 15) is 0 Å². The van der Waals surface area contributed by atoms with Crippen LogP contribution in [-0.4, -0.2) is 20.2 Å². The van der Waals surface area contributed by atoms with Crippen molar-refractivity contribution in [1.29, 1.82) is 0 Å². The van der Waals surface area contributed by atoms with Crippen LogP contribution < -0.4 is 5.73 Å². The summed E-state index contributed by atoms with van der Waals surface area (Å²) in [6, 6.07) is -0.0845. The molecule has 1 heterocycles. The van der Waals surface area contributed by atoms with Crippen LogP contribution in [0, 0.1) is 5.92 Å². The van der Waals surface area contributed by atoms with E-state index in [2.05, 4.69) is 29.3 Å². The first kappa shape index (κ1) is 9.12. The topological polar surface area (TPSA) is 69.6 Å². The van der Waals surface area contributed by atoms with Gasteiger partial charge in [0.2, 0.25) is 0 Å². The SMILES string of the molecule is CC(C)CC(N)c1nnn(C)n1. The summed E-state index contributed by atoms with van der Waals surface area (Å²) in [6.45, 7) is 4.24. The molecule has 0 saturated carbocycles. The standard InChI is InChI=1S/C7H15N5/c1-5(2)4-6(8)7-9-11-12(3)10-7/h5-6H,4,8H2,1-3H3. The molecule has 0 aromatic carbocycles. The molecule has 0 aliphatic heterocycles. The number of aromatic nitrogens is 4. The molecular formula is C7H15N5. The van der Waals surface area contributed by atoms with Crippen molar-refractivity contribution in [3.8, 4) is 0 Å². The smallest absolute Gasteiger partial charge is 0.191 e. The summed E-state index contributed by atoms with van der Waals surface area (Å²) < 4.78 is 0. The molecule has 1 aromatic heterocycles. The molecule has 1 atom stereocenters. The molecular weight excluding hydrogens is 154 g/mol. The van der Waals surface area contributed by atoms with Gasteiger partial charge in [0.25, 0.3) is 0 Å². The zero-order chi connectivity index (χ0) is 9.14. The summed E-state index contributed by atoms with van der Waals surface area (Å²) in [7, 11) is 1.73. The lowest BCUT2D eigenvalue weighted by molar-refractivity contribution is 0.491. The lowest BCUT2D eigenvalue weighted by atomic mass is 10.0. The molecule has 5 heteroatoms. The molecule has 68 valence electrons. The number of rotatable bonds is 3. The molecule has 2 N–H and O–H groups in total. The van der Waals surface area contributed by atoms with Gasteiger partial charge >= 0.3 is 0 Å². The van der Waals surface area contributed by atoms with Gasteiger partial charge < -0.3 is 5.73 Å². The Labute approximate surface area is 71.9 Å². The van der Waals surface area contributed by atoms with Crippen LogP contribution in [0.25, 0.3) is 0 Å². The summed E-state index contributed by atoms with van der Waals surface area (Å²) in [5.41, 5.74) is 5.83. The first-order chi connectivity index (χ1) is 5.59. The number of nitrogens with zero attached hydrogens (tertiary/aromatic N) is 4. The van der Waals surface area contributed by atoms with Crippen molar-refractivity contribution < 1.29 is 0 Å². The summed E-state index contributed by atoms with van der Waals surface area (Å²) in [4.78, 5) is 1.43. The van der Waals surface area contributed by atoms with E-state index in [-0.39, 0.29) is 6.04 Å². The zero-order valence-electron chi connectivity index (χ0n) is 7.73. The largest absolute Gasteiger partial charge is 0.321 e. The Morgan fingerprint density at radius 3 is 2.58 bits per heavy atom. The van der Waals surface area contributed by atoms with Gasteiger partial charge in [-0.15, -0.1) is 10.2 Å². The van der Waals surface area contributed by atoms with Crippen LogP contribution in [0.4, 0.5) is 0 Å². The number of hydrogen-bond donors (Lipinski definition) is 1. The molecule has 0 bridgehead atoms. The predicted octanol–water partition coefficient (Wildman–Crippen LogP) is 0.256. The molecule has 0 aliphatic carbocycles. The van der Waals surface area contributed by atoms with Gasteiger partial charge in [-0.05, 0) is 17.6 Å². The van der Waals surface area contributed by atoms with Gasteiger partial charge in [-0.25, -0.2) is 0 Å². The first-order valence-electron chi connectivity index (χ1n) is 4.09. The lowest BCUT2D eigenvalue weighted by Crippen LogP contribution is -2.14. The summed E-state index contributed by atoms with van der Waals surface area (Å²) in [6.07, 6.45) is 0.895. The normalized spacial score (nSPS) is 13.8. The Balaban J connectivity index is 2.58. The highest BCUT2D eigenvalue weighted by atomic mass is 15.6. The summed E-state index contributed by atoms with van der Waals surface area (Å²) in [5, 5.41) is 11.6. The molecule has 0 saturated heterocycles. The van der Waals surface area contributed by atoms with Gasteiger partial charge in [-0.3, -0.25) is 0 Å². The van der Waals surface area contributed by atoms with E-state index in [1.165, 1.54) is 4.80 Å². The van der Waals surface area contributed by atoms with Crippen molar-refractivity contribution in [3.63, 3.8) is 0 Å². The fourth-order valence-corrected chi connectivity index (χ4v) is 1.06. The van der Waals surface area contributed by atoms with Crippen LogP contribution in [0.15, 0.2) is 0 Å². The highest BCUT2D eigenvalue weighted by Gasteiger charge is 2.12. The number of hydrogen-bond acceptors (Lipinski definition) is 4. The van der Waals surface area contributed by atoms with Crippen LogP contribution in [0.2, 0.25) is 0 Å². The van der Waals surface area contributed by atoms with E-state index in [1.807, 2.05) is 0 Å². The van der Waals surface area contributed by atoms with E-state index in [0.717, 1.165) is 6.42 Å². The minimum atomic E-state index is -0.0845. The van der Waals surface area contributed by atoms with Crippen LogP contribution in [0.3, 0.4) is 0 Å². The number of aryl methyl sites for hydroxylation is 1. The van der Waals surface area contributed by atoms with Crippen molar-refractivity contribution in [2.75, 3.05) is 0 Å². The minimum absolute atomic E-state index is 0.0845. The molecule has 1 rings (SSSR count). The van der Waals surface area contributed by atoms with Crippen LogP contribution in [-0.2, 0) is 7.05 Å². The zero-order valence-corrected chi connectivity index (χ0v) is 7.73. The van der Waals surface area contributed by atoms with Gasteiger partial charge in [0.05, 0.1) is 13.1 Å². The van der Waals surface area contributed by atoms with Gasteiger partial charge in [0.15, 0.2) is 5.82 Å². The number of nitrogens with two attached hydrogens (primary N) is 1. The fourth-order valence-electron chi connectivity index (χ4n) is 1.06. The second-order valence-electron chi connectivity index (χ2n) is 3.37. The fraction of sp³-hybridized carbons (Fsp3) is 0.857. The van der Waals surface area contributed by atoms with E-state index in [4.69, 9.17) is 5.73 Å². The van der Waals surface area contributed by atoms with Crippen molar-refractivity contribution >= 4 is 0 Å². The Hall–Kier alpha value is -0.970. The Morgan fingerprint density at radius 1 is 1.50 bits per heavy atom. The Bertz CT molecular complexity index is 242. The highest BCUT2D eigenvalue weighted by molar-refractivity contribution is 4.87. The van der Waals surface area contributed by atoms with Gasteiger partial charge in [-0.2, -0.15) is 4.80 Å². The molecule has 0 fully saturated rings. The summed E-state index contributed by atoms with van der Waals surface area (Å²) in [5.74, 6) is 1.19. The van der Waals surface area contributed by atoms with Crippen LogP contribution >= 0.6 is 0 Å². The Morgan fingerprint density at radius 2 is 2.17 bits per heavy atom. The third-order valence-electron chi connectivity index (χ3n) is 1.58. The maximum Gasteiger partial charge on any atom is 0.191 e. The molecule has 5 nitrogen and oxygen atoms in total. The Kier molecular flexibility index (Phi) is 2.75. The second kappa shape index (κ2) is 3.62.